The quantitative estimate of drug-likeness (QED) is 0.335. The van der Waals surface area contributed by atoms with Gasteiger partial charge in [0, 0.05) is 18.6 Å². The minimum Gasteiger partial charge on any atom is -0.497 e. The number of ether oxygens (including phenoxy) is 2. The monoisotopic (exact) mass is 492 g/mol. The van der Waals surface area contributed by atoms with Crippen molar-refractivity contribution in [1.29, 1.82) is 0 Å². The van der Waals surface area contributed by atoms with Crippen LogP contribution in [0.3, 0.4) is 0 Å². The molecule has 1 atom stereocenters. The molecule has 0 saturated carbocycles. The highest BCUT2D eigenvalue weighted by atomic mass is 79.9. The zero-order chi connectivity index (χ0) is 23.2. The third-order valence-electron chi connectivity index (χ3n) is 4.59. The smallest absolute Gasteiger partial charge is 0.313 e. The first-order valence-corrected chi connectivity index (χ1v) is 11.1. The second-order valence-corrected chi connectivity index (χ2v) is 9.66. The standard InChI is InChI=1S/C24H33BrN2O4/c1-15(2)23(29)31-22-19(25)11-17(21(28)14-27-24(3,4)5)12-20(22)26-13-16-7-9-18(30-6)10-8-16/h7-12,15,21,26-28H,13-14H2,1-6H3. The van der Waals surface area contributed by atoms with Crippen molar-refractivity contribution in [3.05, 3.63) is 52.0 Å². The van der Waals surface area contributed by atoms with E-state index in [1.165, 1.54) is 0 Å². The van der Waals surface area contributed by atoms with Crippen LogP contribution in [0.15, 0.2) is 40.9 Å². The lowest BCUT2D eigenvalue weighted by Gasteiger charge is -2.24. The van der Waals surface area contributed by atoms with Crippen molar-refractivity contribution < 1.29 is 19.4 Å². The van der Waals surface area contributed by atoms with Gasteiger partial charge >= 0.3 is 5.97 Å². The van der Waals surface area contributed by atoms with E-state index in [2.05, 4.69) is 26.6 Å². The SMILES string of the molecule is COc1ccc(CNc2cc(C(O)CNC(C)(C)C)cc(Br)c2OC(=O)C(C)C)cc1. The van der Waals surface area contributed by atoms with E-state index in [4.69, 9.17) is 9.47 Å². The van der Waals surface area contributed by atoms with Gasteiger partial charge in [-0.05, 0) is 72.1 Å². The Labute approximate surface area is 193 Å². The largest absolute Gasteiger partial charge is 0.497 e. The van der Waals surface area contributed by atoms with Gasteiger partial charge in [-0.3, -0.25) is 4.79 Å². The summed E-state index contributed by atoms with van der Waals surface area (Å²) in [5.74, 6) is 0.611. The molecule has 0 aromatic heterocycles. The molecule has 0 spiro atoms. The second-order valence-electron chi connectivity index (χ2n) is 8.80. The summed E-state index contributed by atoms with van der Waals surface area (Å²) >= 11 is 3.51. The molecule has 0 amide bonds. The van der Waals surface area contributed by atoms with Crippen LogP contribution in [0.4, 0.5) is 5.69 Å². The number of rotatable bonds is 9. The molecule has 0 saturated heterocycles. The molecule has 0 fully saturated rings. The Hall–Kier alpha value is -2.09. The molecule has 31 heavy (non-hydrogen) atoms. The van der Waals surface area contributed by atoms with Gasteiger partial charge in [-0.1, -0.05) is 26.0 Å². The molecule has 0 heterocycles. The van der Waals surface area contributed by atoms with E-state index < -0.39 is 6.10 Å². The van der Waals surface area contributed by atoms with E-state index in [0.29, 0.717) is 34.6 Å². The molecule has 2 aromatic rings. The normalized spacial score (nSPS) is 12.5. The Morgan fingerprint density at radius 3 is 2.35 bits per heavy atom. The topological polar surface area (TPSA) is 79.8 Å². The Morgan fingerprint density at radius 1 is 1.16 bits per heavy atom. The summed E-state index contributed by atoms with van der Waals surface area (Å²) in [7, 11) is 1.63. The van der Waals surface area contributed by atoms with Crippen molar-refractivity contribution in [1.82, 2.24) is 5.32 Å². The molecule has 0 aliphatic heterocycles. The van der Waals surface area contributed by atoms with E-state index in [-0.39, 0.29) is 17.4 Å². The van der Waals surface area contributed by atoms with Crippen molar-refractivity contribution in [2.75, 3.05) is 19.0 Å². The number of aliphatic hydroxyl groups is 1. The predicted molar refractivity (Wildman–Crippen MR) is 128 cm³/mol. The molecule has 0 aliphatic carbocycles. The Balaban J connectivity index is 2.30. The third-order valence-corrected chi connectivity index (χ3v) is 5.18. The predicted octanol–water partition coefficient (Wildman–Crippen LogP) is 5.05. The fraction of sp³-hybridized carbons (Fsp3) is 0.458. The number of carbonyl (C=O) groups excluding carboxylic acids is 1. The Kier molecular flexibility index (Phi) is 8.91. The molecule has 170 valence electrons. The number of hydrogen-bond donors (Lipinski definition) is 3. The lowest BCUT2D eigenvalue weighted by molar-refractivity contribution is -0.137. The summed E-state index contributed by atoms with van der Waals surface area (Å²) in [6.07, 6.45) is -0.716. The van der Waals surface area contributed by atoms with Crippen molar-refractivity contribution in [3.8, 4) is 11.5 Å². The van der Waals surface area contributed by atoms with Crippen LogP contribution in [-0.4, -0.2) is 30.3 Å². The number of hydrogen-bond acceptors (Lipinski definition) is 6. The van der Waals surface area contributed by atoms with Crippen LogP contribution in [0.5, 0.6) is 11.5 Å². The van der Waals surface area contributed by atoms with Gasteiger partial charge in [0.05, 0.1) is 29.3 Å². The molecule has 3 N–H and O–H groups in total. The molecular formula is C24H33BrN2O4. The maximum Gasteiger partial charge on any atom is 0.313 e. The molecule has 1 unspecified atom stereocenters. The molecular weight excluding hydrogens is 460 g/mol. The average Bonchev–Trinajstić information content (AvgIpc) is 2.71. The zero-order valence-electron chi connectivity index (χ0n) is 19.1. The van der Waals surface area contributed by atoms with E-state index >= 15 is 0 Å². The summed E-state index contributed by atoms with van der Waals surface area (Å²) in [6.45, 7) is 10.6. The van der Waals surface area contributed by atoms with Crippen LogP contribution in [-0.2, 0) is 11.3 Å². The fourth-order valence-electron chi connectivity index (χ4n) is 2.72. The van der Waals surface area contributed by atoms with Crippen molar-refractivity contribution in [2.24, 2.45) is 5.92 Å². The summed E-state index contributed by atoms with van der Waals surface area (Å²) < 4.78 is 11.5. The minimum atomic E-state index is -0.716. The maximum atomic E-state index is 12.2. The van der Waals surface area contributed by atoms with Gasteiger partial charge in [0.15, 0.2) is 5.75 Å². The molecule has 0 aliphatic rings. The first-order chi connectivity index (χ1) is 14.5. The van der Waals surface area contributed by atoms with E-state index in [0.717, 1.165) is 11.3 Å². The van der Waals surface area contributed by atoms with Crippen LogP contribution < -0.4 is 20.1 Å². The number of carbonyl (C=O) groups is 1. The van der Waals surface area contributed by atoms with Crippen molar-refractivity contribution in [2.45, 2.75) is 52.8 Å². The Morgan fingerprint density at radius 2 is 1.81 bits per heavy atom. The average molecular weight is 493 g/mol. The number of methoxy groups -OCH3 is 1. The van der Waals surface area contributed by atoms with Crippen LogP contribution in [0.1, 0.15) is 51.8 Å². The van der Waals surface area contributed by atoms with Gasteiger partial charge in [0.1, 0.15) is 5.75 Å². The number of esters is 1. The van der Waals surface area contributed by atoms with Gasteiger partial charge in [-0.2, -0.15) is 0 Å². The van der Waals surface area contributed by atoms with Gasteiger partial charge in [-0.25, -0.2) is 0 Å². The fourth-order valence-corrected chi connectivity index (χ4v) is 3.28. The highest BCUT2D eigenvalue weighted by molar-refractivity contribution is 9.10. The van der Waals surface area contributed by atoms with E-state index in [9.17, 15) is 9.90 Å². The van der Waals surface area contributed by atoms with Gasteiger partial charge < -0.3 is 25.2 Å². The highest BCUT2D eigenvalue weighted by Gasteiger charge is 2.20. The number of aliphatic hydroxyl groups excluding tert-OH is 1. The second kappa shape index (κ2) is 11.0. The van der Waals surface area contributed by atoms with E-state index in [1.807, 2.05) is 51.1 Å². The number of nitrogens with one attached hydrogen (secondary N) is 2. The summed E-state index contributed by atoms with van der Waals surface area (Å²) in [4.78, 5) is 12.2. The molecule has 6 nitrogen and oxygen atoms in total. The molecule has 7 heteroatoms. The lowest BCUT2D eigenvalue weighted by Crippen LogP contribution is -2.38. The molecule has 0 bridgehead atoms. The molecule has 2 rings (SSSR count). The maximum absolute atomic E-state index is 12.2. The van der Waals surface area contributed by atoms with Gasteiger partial charge in [-0.15, -0.1) is 0 Å². The van der Waals surface area contributed by atoms with Crippen LogP contribution in [0.2, 0.25) is 0 Å². The minimum absolute atomic E-state index is 0.111. The van der Waals surface area contributed by atoms with Crippen LogP contribution in [0.25, 0.3) is 0 Å². The van der Waals surface area contributed by atoms with Gasteiger partial charge in [0.25, 0.3) is 0 Å². The summed E-state index contributed by atoms with van der Waals surface area (Å²) in [6, 6.07) is 11.3. The zero-order valence-corrected chi connectivity index (χ0v) is 20.7. The van der Waals surface area contributed by atoms with E-state index in [1.54, 1.807) is 27.0 Å². The number of halogens is 1. The number of anilines is 1. The Bertz CT molecular complexity index is 876. The summed E-state index contributed by atoms with van der Waals surface area (Å²) in [5, 5.41) is 17.4. The molecule has 2 aromatic carbocycles. The highest BCUT2D eigenvalue weighted by Crippen LogP contribution is 2.37. The third kappa shape index (κ3) is 7.83. The number of benzene rings is 2. The molecule has 0 radical (unpaired) electrons. The van der Waals surface area contributed by atoms with Gasteiger partial charge in [0.2, 0.25) is 0 Å². The number of β-amino-alcohol motifs (C(OH)–C–C–N with tert-alkyl or cyclic N) is 1. The first-order valence-electron chi connectivity index (χ1n) is 10.3. The van der Waals surface area contributed by atoms with Crippen molar-refractivity contribution in [3.63, 3.8) is 0 Å². The first kappa shape index (κ1) is 25.2. The van der Waals surface area contributed by atoms with Crippen LogP contribution in [0, 0.1) is 5.92 Å². The van der Waals surface area contributed by atoms with Crippen molar-refractivity contribution >= 4 is 27.6 Å². The van der Waals surface area contributed by atoms with Crippen LogP contribution >= 0.6 is 15.9 Å². The lowest BCUT2D eigenvalue weighted by atomic mass is 10.0. The summed E-state index contributed by atoms with van der Waals surface area (Å²) in [5.41, 5.74) is 2.27.